The van der Waals surface area contributed by atoms with Gasteiger partial charge in [-0.3, -0.25) is 4.79 Å². The third-order valence-corrected chi connectivity index (χ3v) is 4.84. The fraction of sp³-hybridized carbons (Fsp3) is 0.300. The number of aliphatic carboxylic acids is 1. The second kappa shape index (κ2) is 4.45. The molecule has 0 aromatic heterocycles. The van der Waals surface area contributed by atoms with Gasteiger partial charge in [0.2, 0.25) is 0 Å². The van der Waals surface area contributed by atoms with E-state index in [0.29, 0.717) is 0 Å². The first-order valence-corrected chi connectivity index (χ1v) is 5.78. The van der Waals surface area contributed by atoms with Crippen molar-refractivity contribution in [3.05, 3.63) is 35.9 Å². The minimum atomic E-state index is -0.992. The van der Waals surface area contributed by atoms with Gasteiger partial charge in [-0.1, -0.05) is 62.2 Å². The highest BCUT2D eigenvalue weighted by atomic mass is 79.9. The van der Waals surface area contributed by atoms with Crippen molar-refractivity contribution in [3.8, 4) is 0 Å². The summed E-state index contributed by atoms with van der Waals surface area (Å²) in [7, 11) is 0. The van der Waals surface area contributed by atoms with E-state index in [9.17, 15) is 4.79 Å². The summed E-state index contributed by atoms with van der Waals surface area (Å²) in [5.74, 6) is -0.886. The number of hydrogen-bond donors (Lipinski definition) is 1. The van der Waals surface area contributed by atoms with E-state index in [1.165, 1.54) is 0 Å². The van der Waals surface area contributed by atoms with E-state index in [1.807, 2.05) is 30.3 Å². The second-order valence-corrected chi connectivity index (χ2v) is 5.72. The maximum absolute atomic E-state index is 11.0. The van der Waals surface area contributed by atoms with Crippen molar-refractivity contribution in [2.75, 3.05) is 0 Å². The van der Waals surface area contributed by atoms with Crippen molar-refractivity contribution < 1.29 is 9.90 Å². The molecule has 4 heteroatoms. The number of hydrogen-bond acceptors (Lipinski definition) is 1. The minimum Gasteiger partial charge on any atom is -0.480 e. The van der Waals surface area contributed by atoms with Crippen molar-refractivity contribution in [2.24, 2.45) is 0 Å². The molecule has 0 spiro atoms. The average Bonchev–Trinajstić information content (AvgIpc) is 2.17. The molecule has 1 rings (SSSR count). The summed E-state index contributed by atoms with van der Waals surface area (Å²) in [5.41, 5.74) is 0.939. The molecule has 0 saturated heterocycles. The van der Waals surface area contributed by atoms with Crippen LogP contribution < -0.4 is 0 Å². The molecule has 0 saturated carbocycles. The Kier molecular flexibility index (Phi) is 3.72. The van der Waals surface area contributed by atoms with Gasteiger partial charge in [0.1, 0.15) is 4.32 Å². The smallest absolute Gasteiger partial charge is 0.321 e. The zero-order chi connectivity index (χ0) is 10.8. The van der Waals surface area contributed by atoms with Gasteiger partial charge in [0.25, 0.3) is 0 Å². The Labute approximate surface area is 99.6 Å². The number of rotatable bonds is 3. The van der Waals surface area contributed by atoms with Gasteiger partial charge in [-0.05, 0) is 12.5 Å². The van der Waals surface area contributed by atoms with Gasteiger partial charge in [0, 0.05) is 0 Å². The molecule has 0 aliphatic heterocycles. The van der Waals surface area contributed by atoms with E-state index in [-0.39, 0.29) is 4.83 Å². The van der Waals surface area contributed by atoms with Gasteiger partial charge in [-0.25, -0.2) is 0 Å². The zero-order valence-electron chi connectivity index (χ0n) is 7.58. The fourth-order valence-corrected chi connectivity index (χ4v) is 1.81. The number of halogens is 2. The first-order chi connectivity index (χ1) is 6.46. The normalized spacial score (nSPS) is 17.1. The second-order valence-electron chi connectivity index (χ2n) is 3.15. The Morgan fingerprint density at radius 2 is 1.93 bits per heavy atom. The van der Waals surface area contributed by atoms with Crippen LogP contribution in [0, 0.1) is 0 Å². The highest BCUT2D eigenvalue weighted by Gasteiger charge is 2.38. The molecule has 0 bridgehead atoms. The summed E-state index contributed by atoms with van der Waals surface area (Å²) >= 11 is 6.58. The van der Waals surface area contributed by atoms with Gasteiger partial charge in [-0.15, -0.1) is 0 Å². The maximum atomic E-state index is 11.0. The average molecular weight is 322 g/mol. The third-order valence-electron chi connectivity index (χ3n) is 1.99. The van der Waals surface area contributed by atoms with E-state index in [0.717, 1.165) is 5.56 Å². The van der Waals surface area contributed by atoms with E-state index in [2.05, 4.69) is 31.9 Å². The van der Waals surface area contributed by atoms with Crippen LogP contribution in [0.5, 0.6) is 0 Å². The number of carbonyl (C=O) groups is 1. The van der Waals surface area contributed by atoms with Crippen LogP contribution in [0.2, 0.25) is 0 Å². The lowest BCUT2D eigenvalue weighted by molar-refractivity contribution is -0.139. The van der Waals surface area contributed by atoms with E-state index in [4.69, 9.17) is 5.11 Å². The number of carboxylic acid groups (broad SMARTS) is 1. The summed E-state index contributed by atoms with van der Waals surface area (Å²) in [5, 5.41) is 9.00. The first-order valence-electron chi connectivity index (χ1n) is 4.07. The first kappa shape index (κ1) is 11.7. The zero-order valence-corrected chi connectivity index (χ0v) is 10.7. The Morgan fingerprint density at radius 3 is 2.36 bits per heavy atom. The van der Waals surface area contributed by atoms with Crippen molar-refractivity contribution in [2.45, 2.75) is 16.1 Å². The topological polar surface area (TPSA) is 37.3 Å². The fourth-order valence-electron chi connectivity index (χ4n) is 1.04. The van der Waals surface area contributed by atoms with Crippen LogP contribution in [0.25, 0.3) is 0 Å². The van der Waals surface area contributed by atoms with E-state index < -0.39 is 10.3 Å². The van der Waals surface area contributed by atoms with Crippen molar-refractivity contribution in [1.29, 1.82) is 0 Å². The lowest BCUT2D eigenvalue weighted by Gasteiger charge is -2.23. The summed E-state index contributed by atoms with van der Waals surface area (Å²) in [6.45, 7) is 1.63. The van der Waals surface area contributed by atoms with Crippen LogP contribution in [-0.2, 0) is 4.79 Å². The molecule has 2 nitrogen and oxygen atoms in total. The Balaban J connectivity index is 2.96. The molecule has 0 fully saturated rings. The Morgan fingerprint density at radius 1 is 1.43 bits per heavy atom. The van der Waals surface area contributed by atoms with E-state index >= 15 is 0 Å². The van der Waals surface area contributed by atoms with E-state index in [1.54, 1.807) is 6.92 Å². The summed E-state index contributed by atoms with van der Waals surface area (Å²) < 4.78 is -0.992. The Bertz CT molecular complexity index is 322. The largest absolute Gasteiger partial charge is 0.480 e. The number of alkyl halides is 2. The molecule has 1 aromatic carbocycles. The summed E-state index contributed by atoms with van der Waals surface area (Å²) in [6, 6.07) is 9.45. The van der Waals surface area contributed by atoms with Crippen molar-refractivity contribution in [3.63, 3.8) is 0 Å². The highest BCUT2D eigenvalue weighted by molar-refractivity contribution is 9.12. The molecule has 0 aliphatic carbocycles. The molecule has 0 amide bonds. The minimum absolute atomic E-state index is 0.256. The van der Waals surface area contributed by atoms with Gasteiger partial charge in [0.15, 0.2) is 0 Å². The molecular formula is C10H10Br2O2. The molecule has 0 radical (unpaired) electrons. The molecule has 14 heavy (non-hydrogen) atoms. The monoisotopic (exact) mass is 320 g/mol. The molecule has 2 unspecified atom stereocenters. The van der Waals surface area contributed by atoms with Crippen LogP contribution in [0.15, 0.2) is 30.3 Å². The molecule has 1 aromatic rings. The maximum Gasteiger partial charge on any atom is 0.321 e. The lowest BCUT2D eigenvalue weighted by Crippen LogP contribution is -2.32. The van der Waals surface area contributed by atoms with Crippen LogP contribution in [-0.4, -0.2) is 15.4 Å². The van der Waals surface area contributed by atoms with Gasteiger partial charge < -0.3 is 5.11 Å². The summed E-state index contributed by atoms with van der Waals surface area (Å²) in [4.78, 5) is 10.7. The van der Waals surface area contributed by atoms with Crippen molar-refractivity contribution in [1.82, 2.24) is 0 Å². The predicted octanol–water partition coefficient (Wildman–Crippen LogP) is 3.36. The standard InChI is InChI=1S/C10H10Br2O2/c1-10(12,9(13)14)8(11)7-5-3-2-4-6-7/h2-6,8H,1H3,(H,13,14). The molecular weight excluding hydrogens is 312 g/mol. The SMILES string of the molecule is CC(Br)(C(=O)O)C(Br)c1ccccc1. The van der Waals surface area contributed by atoms with Gasteiger partial charge in [0.05, 0.1) is 4.83 Å². The Hall–Kier alpha value is -0.350. The lowest BCUT2D eigenvalue weighted by atomic mass is 10.0. The van der Waals surface area contributed by atoms with Gasteiger partial charge in [-0.2, -0.15) is 0 Å². The van der Waals surface area contributed by atoms with Crippen LogP contribution in [0.1, 0.15) is 17.3 Å². The number of benzene rings is 1. The van der Waals surface area contributed by atoms with Crippen LogP contribution in [0.3, 0.4) is 0 Å². The van der Waals surface area contributed by atoms with Crippen LogP contribution in [0.4, 0.5) is 0 Å². The molecule has 2 atom stereocenters. The summed E-state index contributed by atoms with van der Waals surface area (Å²) in [6.07, 6.45) is 0. The van der Waals surface area contributed by atoms with Gasteiger partial charge >= 0.3 is 5.97 Å². The molecule has 76 valence electrons. The molecule has 1 N–H and O–H groups in total. The number of carboxylic acids is 1. The van der Waals surface area contributed by atoms with Crippen LogP contribution >= 0.6 is 31.9 Å². The highest BCUT2D eigenvalue weighted by Crippen LogP contribution is 2.40. The molecule has 0 aliphatic rings. The third kappa shape index (κ3) is 2.36. The quantitative estimate of drug-likeness (QED) is 0.867. The predicted molar refractivity (Wildman–Crippen MR) is 63.1 cm³/mol. The van der Waals surface area contributed by atoms with Crippen molar-refractivity contribution >= 4 is 37.8 Å². The molecule has 0 heterocycles.